The summed E-state index contributed by atoms with van der Waals surface area (Å²) in [4.78, 5) is 30.0. The molecule has 37 heavy (non-hydrogen) atoms. The number of urea groups is 1. The number of carbonyl (C=O) groups excluding carboxylic acids is 2. The van der Waals surface area contributed by atoms with Crippen LogP contribution in [0.4, 0.5) is 14.9 Å². The molecule has 2 aromatic carbocycles. The smallest absolute Gasteiger partial charge is 0.322 e. The molecule has 1 atom stereocenters. The molecule has 1 N–H and O–H groups in total. The molecule has 0 spiro atoms. The number of aromatic nitrogens is 1. The minimum atomic E-state index is -0.576. The number of benzene rings is 2. The van der Waals surface area contributed by atoms with Crippen LogP contribution in [0.2, 0.25) is 5.02 Å². The average molecular weight is 527 g/mol. The fourth-order valence-electron chi connectivity index (χ4n) is 4.55. The van der Waals surface area contributed by atoms with Crippen LogP contribution in [0.1, 0.15) is 42.6 Å². The summed E-state index contributed by atoms with van der Waals surface area (Å²) < 4.78 is 20.9. The zero-order valence-electron chi connectivity index (χ0n) is 21.3. The van der Waals surface area contributed by atoms with Crippen molar-refractivity contribution in [2.75, 3.05) is 38.7 Å². The molecule has 7 nitrogen and oxygen atoms in total. The van der Waals surface area contributed by atoms with E-state index in [1.165, 1.54) is 35.8 Å². The first-order valence-electron chi connectivity index (χ1n) is 12.3. The molecule has 0 radical (unpaired) electrons. The molecule has 2 heterocycles. The monoisotopic (exact) mass is 526 g/mol. The number of methoxy groups -OCH3 is 1. The van der Waals surface area contributed by atoms with Gasteiger partial charge in [-0.3, -0.25) is 4.79 Å². The normalized spacial score (nSPS) is 15.0. The molecule has 3 aromatic rings. The van der Waals surface area contributed by atoms with Crippen molar-refractivity contribution in [2.45, 2.75) is 32.4 Å². The fourth-order valence-corrected chi connectivity index (χ4v) is 4.73. The molecular formula is C28H32ClFN4O3. The molecular weight excluding hydrogens is 495 g/mol. The first-order valence-corrected chi connectivity index (χ1v) is 12.7. The Morgan fingerprint density at radius 3 is 2.59 bits per heavy atom. The number of nitrogens with one attached hydrogen (secondary N) is 1. The van der Waals surface area contributed by atoms with Gasteiger partial charge in [-0.1, -0.05) is 49.7 Å². The molecule has 9 heteroatoms. The fraction of sp³-hybridized carbons (Fsp3) is 0.357. The predicted octanol–water partition coefficient (Wildman–Crippen LogP) is 5.52. The first-order chi connectivity index (χ1) is 17.8. The number of carbonyl (C=O) groups is 2. The predicted molar refractivity (Wildman–Crippen MR) is 142 cm³/mol. The van der Waals surface area contributed by atoms with E-state index < -0.39 is 11.8 Å². The van der Waals surface area contributed by atoms with Crippen molar-refractivity contribution < 1.29 is 18.7 Å². The second-order valence-electron chi connectivity index (χ2n) is 9.41. The van der Waals surface area contributed by atoms with Gasteiger partial charge in [0.1, 0.15) is 12.4 Å². The van der Waals surface area contributed by atoms with Gasteiger partial charge in [0.2, 0.25) is 5.91 Å². The molecule has 196 valence electrons. The average Bonchev–Trinajstić information content (AvgIpc) is 3.37. The van der Waals surface area contributed by atoms with Gasteiger partial charge >= 0.3 is 6.03 Å². The van der Waals surface area contributed by atoms with Crippen molar-refractivity contribution >= 4 is 29.2 Å². The lowest BCUT2D eigenvalue weighted by Gasteiger charge is -2.38. The minimum absolute atomic E-state index is 0.0973. The van der Waals surface area contributed by atoms with Gasteiger partial charge < -0.3 is 24.4 Å². The Hall–Kier alpha value is -3.36. The van der Waals surface area contributed by atoms with Crippen LogP contribution in [0.15, 0.2) is 60.8 Å². The number of nitrogens with zero attached hydrogens (tertiary/aromatic N) is 3. The Bertz CT molecular complexity index is 1240. The van der Waals surface area contributed by atoms with Crippen LogP contribution in [0.25, 0.3) is 0 Å². The second-order valence-corrected chi connectivity index (χ2v) is 9.82. The highest BCUT2D eigenvalue weighted by Crippen LogP contribution is 2.33. The zero-order valence-corrected chi connectivity index (χ0v) is 22.0. The van der Waals surface area contributed by atoms with E-state index in [1.54, 1.807) is 0 Å². The minimum Gasteiger partial charge on any atom is -0.383 e. The van der Waals surface area contributed by atoms with Crippen LogP contribution in [-0.2, 0) is 16.1 Å². The number of hydrogen-bond acceptors (Lipinski definition) is 3. The third-order valence-corrected chi connectivity index (χ3v) is 6.92. The topological polar surface area (TPSA) is 66.8 Å². The van der Waals surface area contributed by atoms with Crippen molar-refractivity contribution in [3.05, 3.63) is 88.5 Å². The van der Waals surface area contributed by atoms with Crippen molar-refractivity contribution in [3.63, 3.8) is 0 Å². The standard InChI is InChI=1S/C28H32ClFN4O3/c1-19(2)20-6-8-21(9-7-20)27-25-5-4-12-32(25)13-14-34(27)26(35)18-33(15-16-37-3)28(36)31-22-10-11-24(30)23(29)17-22/h4-12,17,19,27H,13-16,18H2,1-3H3,(H,31,36). The molecule has 3 amide bonds. The number of hydrogen-bond donors (Lipinski definition) is 1. The molecule has 0 bridgehead atoms. The largest absolute Gasteiger partial charge is 0.383 e. The zero-order chi connectivity index (χ0) is 26.5. The van der Waals surface area contributed by atoms with Gasteiger partial charge in [0.05, 0.1) is 17.7 Å². The van der Waals surface area contributed by atoms with Crippen molar-refractivity contribution in [3.8, 4) is 0 Å². The van der Waals surface area contributed by atoms with Crippen molar-refractivity contribution in [1.82, 2.24) is 14.4 Å². The maximum atomic E-state index is 13.7. The van der Waals surface area contributed by atoms with Crippen LogP contribution >= 0.6 is 11.6 Å². The summed E-state index contributed by atoms with van der Waals surface area (Å²) in [6.07, 6.45) is 2.03. The maximum absolute atomic E-state index is 13.7. The van der Waals surface area contributed by atoms with E-state index in [9.17, 15) is 14.0 Å². The van der Waals surface area contributed by atoms with E-state index in [4.69, 9.17) is 16.3 Å². The number of amides is 3. The number of rotatable bonds is 8. The van der Waals surface area contributed by atoms with E-state index in [0.717, 1.165) is 11.3 Å². The van der Waals surface area contributed by atoms with Gasteiger partial charge in [-0.15, -0.1) is 0 Å². The van der Waals surface area contributed by atoms with Gasteiger partial charge in [0, 0.05) is 44.3 Å². The highest BCUT2D eigenvalue weighted by Gasteiger charge is 2.33. The maximum Gasteiger partial charge on any atom is 0.322 e. The highest BCUT2D eigenvalue weighted by atomic mass is 35.5. The molecule has 1 aliphatic rings. The number of halogens is 2. The number of fused-ring (bicyclic) bond motifs is 1. The van der Waals surface area contributed by atoms with Crippen molar-refractivity contribution in [2.24, 2.45) is 0 Å². The van der Waals surface area contributed by atoms with E-state index in [0.29, 0.717) is 24.7 Å². The Labute approximate surface area is 221 Å². The molecule has 4 rings (SSSR count). The lowest BCUT2D eigenvalue weighted by Crippen LogP contribution is -2.49. The lowest BCUT2D eigenvalue weighted by molar-refractivity contribution is -0.134. The Morgan fingerprint density at radius 1 is 1.16 bits per heavy atom. The number of ether oxygens (including phenoxy) is 1. The third-order valence-electron chi connectivity index (χ3n) is 6.63. The van der Waals surface area contributed by atoms with E-state index in [1.807, 2.05) is 23.2 Å². The van der Waals surface area contributed by atoms with Crippen molar-refractivity contribution in [1.29, 1.82) is 0 Å². The molecule has 1 unspecified atom stereocenters. The van der Waals surface area contributed by atoms with E-state index in [2.05, 4.69) is 48.0 Å². The van der Waals surface area contributed by atoms with Crippen LogP contribution in [-0.4, -0.2) is 59.7 Å². The van der Waals surface area contributed by atoms with Gasteiger partial charge in [-0.25, -0.2) is 9.18 Å². The molecule has 0 aliphatic carbocycles. The SMILES string of the molecule is COCCN(CC(=O)N1CCn2cccc2C1c1ccc(C(C)C)cc1)C(=O)Nc1ccc(F)c(Cl)c1. The second kappa shape index (κ2) is 11.8. The Kier molecular flexibility index (Phi) is 8.51. The summed E-state index contributed by atoms with van der Waals surface area (Å²) in [6.45, 7) is 5.82. The number of anilines is 1. The van der Waals surface area contributed by atoms with E-state index in [-0.39, 0.29) is 36.7 Å². The van der Waals surface area contributed by atoms with Crippen LogP contribution in [0, 0.1) is 5.82 Å². The van der Waals surface area contributed by atoms with Gasteiger partial charge in [0.25, 0.3) is 0 Å². The molecule has 1 aromatic heterocycles. The van der Waals surface area contributed by atoms with Gasteiger partial charge in [-0.05, 0) is 47.4 Å². The Morgan fingerprint density at radius 2 is 1.92 bits per heavy atom. The summed E-state index contributed by atoms with van der Waals surface area (Å²) in [7, 11) is 1.54. The summed E-state index contributed by atoms with van der Waals surface area (Å²) in [5.41, 5.74) is 3.62. The van der Waals surface area contributed by atoms with Crippen LogP contribution in [0.5, 0.6) is 0 Å². The molecule has 1 aliphatic heterocycles. The molecule has 0 saturated carbocycles. The van der Waals surface area contributed by atoms with Crippen LogP contribution in [0.3, 0.4) is 0 Å². The van der Waals surface area contributed by atoms with Crippen LogP contribution < -0.4 is 5.32 Å². The summed E-state index contributed by atoms with van der Waals surface area (Å²) in [5.74, 6) is -0.340. The van der Waals surface area contributed by atoms with Gasteiger partial charge in [0.15, 0.2) is 0 Å². The summed E-state index contributed by atoms with van der Waals surface area (Å²) >= 11 is 5.86. The summed E-state index contributed by atoms with van der Waals surface area (Å²) in [5, 5.41) is 2.61. The summed E-state index contributed by atoms with van der Waals surface area (Å²) in [6, 6.07) is 15.6. The first kappa shape index (κ1) is 26.7. The highest BCUT2D eigenvalue weighted by molar-refractivity contribution is 6.31. The van der Waals surface area contributed by atoms with E-state index >= 15 is 0 Å². The Balaban J connectivity index is 1.56. The lowest BCUT2D eigenvalue weighted by atomic mass is 9.95. The molecule has 0 saturated heterocycles. The quantitative estimate of drug-likeness (QED) is 0.420. The van der Waals surface area contributed by atoms with Gasteiger partial charge in [-0.2, -0.15) is 0 Å². The molecule has 0 fully saturated rings. The third kappa shape index (κ3) is 6.14.